The van der Waals surface area contributed by atoms with E-state index in [1.54, 1.807) is 17.8 Å². The average Bonchev–Trinajstić information content (AvgIpc) is 3.24. The number of nitrogens with one attached hydrogen (secondary N) is 4. The minimum absolute atomic E-state index is 0.147. The number of aromatic nitrogens is 4. The molecule has 4 N–H and O–H groups in total. The first-order valence-corrected chi connectivity index (χ1v) is 8.23. The van der Waals surface area contributed by atoms with Crippen LogP contribution in [0.5, 0.6) is 0 Å². The molecule has 2 aromatic rings. The SMILES string of the molecule is COCCNc1nc(NC2CC2)n2ncc(/C=C3\NC(=O)NC3=O)c2n1. The maximum absolute atomic E-state index is 11.7. The summed E-state index contributed by atoms with van der Waals surface area (Å²) in [5.74, 6) is 0.512. The number of imide groups is 1. The van der Waals surface area contributed by atoms with Gasteiger partial charge in [0.1, 0.15) is 5.70 Å². The van der Waals surface area contributed by atoms with Crippen LogP contribution in [-0.4, -0.2) is 57.8 Å². The van der Waals surface area contributed by atoms with Gasteiger partial charge in [0.05, 0.1) is 12.8 Å². The van der Waals surface area contributed by atoms with Crippen molar-refractivity contribution in [1.29, 1.82) is 0 Å². The number of amides is 3. The minimum Gasteiger partial charge on any atom is -0.383 e. The van der Waals surface area contributed by atoms with E-state index in [4.69, 9.17) is 4.74 Å². The molecule has 11 heteroatoms. The predicted octanol–water partition coefficient (Wildman–Crippen LogP) is -0.0628. The summed E-state index contributed by atoms with van der Waals surface area (Å²) in [7, 11) is 1.62. The van der Waals surface area contributed by atoms with Gasteiger partial charge in [0.15, 0.2) is 5.65 Å². The van der Waals surface area contributed by atoms with Crippen LogP contribution in [0.3, 0.4) is 0 Å². The summed E-state index contributed by atoms with van der Waals surface area (Å²) in [5.41, 5.74) is 1.26. The summed E-state index contributed by atoms with van der Waals surface area (Å²) in [6.45, 7) is 1.07. The van der Waals surface area contributed by atoms with Crippen LogP contribution < -0.4 is 21.3 Å². The van der Waals surface area contributed by atoms with Gasteiger partial charge in [0.25, 0.3) is 5.91 Å². The van der Waals surface area contributed by atoms with Crippen LogP contribution in [0.25, 0.3) is 11.7 Å². The van der Waals surface area contributed by atoms with Crippen molar-refractivity contribution in [3.63, 3.8) is 0 Å². The van der Waals surface area contributed by atoms with Gasteiger partial charge in [-0.1, -0.05) is 0 Å². The van der Waals surface area contributed by atoms with Crippen LogP contribution >= 0.6 is 0 Å². The number of fused-ring (bicyclic) bond motifs is 1. The molecule has 3 amide bonds. The number of anilines is 2. The van der Waals surface area contributed by atoms with E-state index in [1.165, 1.54) is 6.08 Å². The molecule has 26 heavy (non-hydrogen) atoms. The lowest BCUT2D eigenvalue weighted by atomic mass is 10.2. The second-order valence-corrected chi connectivity index (χ2v) is 6.01. The number of hydrogen-bond donors (Lipinski definition) is 4. The summed E-state index contributed by atoms with van der Waals surface area (Å²) in [6, 6.07) is -0.170. The van der Waals surface area contributed by atoms with Crippen molar-refractivity contribution in [3.8, 4) is 0 Å². The molecule has 1 saturated heterocycles. The van der Waals surface area contributed by atoms with Crippen molar-refractivity contribution >= 4 is 35.6 Å². The number of carbonyl (C=O) groups is 2. The van der Waals surface area contributed by atoms with E-state index in [2.05, 4.69) is 36.3 Å². The fourth-order valence-corrected chi connectivity index (χ4v) is 2.48. The second kappa shape index (κ2) is 6.59. The third-order valence-corrected chi connectivity index (χ3v) is 3.91. The van der Waals surface area contributed by atoms with Gasteiger partial charge in [-0.3, -0.25) is 10.1 Å². The molecule has 2 aliphatic rings. The van der Waals surface area contributed by atoms with Gasteiger partial charge in [0, 0.05) is 25.3 Å². The van der Waals surface area contributed by atoms with Gasteiger partial charge in [-0.25, -0.2) is 4.79 Å². The fraction of sp³-hybridized carbons (Fsp3) is 0.400. The van der Waals surface area contributed by atoms with Crippen LogP contribution in [0.4, 0.5) is 16.7 Å². The first-order valence-electron chi connectivity index (χ1n) is 8.23. The van der Waals surface area contributed by atoms with Gasteiger partial charge in [-0.05, 0) is 18.9 Å². The third-order valence-electron chi connectivity index (χ3n) is 3.91. The Morgan fingerprint density at radius 1 is 1.35 bits per heavy atom. The summed E-state index contributed by atoms with van der Waals surface area (Å²) < 4.78 is 6.61. The van der Waals surface area contributed by atoms with Gasteiger partial charge in [0.2, 0.25) is 11.9 Å². The molecule has 0 unspecified atom stereocenters. The molecule has 1 saturated carbocycles. The predicted molar refractivity (Wildman–Crippen MR) is 92.4 cm³/mol. The number of hydrogen-bond acceptors (Lipinski definition) is 8. The molecule has 0 bridgehead atoms. The Labute approximate surface area is 148 Å². The number of rotatable bonds is 7. The van der Waals surface area contributed by atoms with E-state index >= 15 is 0 Å². The van der Waals surface area contributed by atoms with Crippen LogP contribution in [0.15, 0.2) is 11.9 Å². The molecular formula is C15H18N8O3. The molecule has 1 aliphatic heterocycles. The lowest BCUT2D eigenvalue weighted by Gasteiger charge is -2.10. The molecule has 4 rings (SSSR count). The zero-order chi connectivity index (χ0) is 18.1. The molecule has 2 aromatic heterocycles. The Hall–Kier alpha value is -3.21. The van der Waals surface area contributed by atoms with Crippen molar-refractivity contribution in [2.45, 2.75) is 18.9 Å². The highest BCUT2D eigenvalue weighted by Crippen LogP contribution is 2.25. The molecule has 0 aromatic carbocycles. The molecule has 0 spiro atoms. The van der Waals surface area contributed by atoms with Gasteiger partial charge in [-0.15, -0.1) is 0 Å². The highest BCUT2D eigenvalue weighted by molar-refractivity contribution is 6.14. The Morgan fingerprint density at radius 2 is 2.19 bits per heavy atom. The van der Waals surface area contributed by atoms with E-state index < -0.39 is 11.9 Å². The third kappa shape index (κ3) is 3.28. The quantitative estimate of drug-likeness (QED) is 0.307. The Morgan fingerprint density at radius 3 is 2.88 bits per heavy atom. The number of ether oxygens (including phenoxy) is 1. The number of urea groups is 1. The second-order valence-electron chi connectivity index (χ2n) is 6.01. The zero-order valence-electron chi connectivity index (χ0n) is 14.1. The maximum Gasteiger partial charge on any atom is 0.326 e. The topological polar surface area (TPSA) is 135 Å². The smallest absolute Gasteiger partial charge is 0.326 e. The number of carbonyl (C=O) groups excluding carboxylic acids is 2. The first-order chi connectivity index (χ1) is 12.6. The van der Waals surface area contributed by atoms with Gasteiger partial charge >= 0.3 is 6.03 Å². The van der Waals surface area contributed by atoms with E-state index in [0.29, 0.717) is 42.3 Å². The van der Waals surface area contributed by atoms with Crippen molar-refractivity contribution in [2.24, 2.45) is 0 Å². The summed E-state index contributed by atoms with van der Waals surface area (Å²) in [6.07, 6.45) is 5.28. The van der Waals surface area contributed by atoms with E-state index in [0.717, 1.165) is 12.8 Å². The standard InChI is InChI=1S/C15H18N8O3/c1-26-5-4-16-13-20-11-8(6-10-12(24)21-15(25)19-10)7-17-23(11)14(22-13)18-9-2-3-9/h6-7,9H,2-5H2,1H3,(H2,16,18,20,22)(H2,19,21,24,25)/b10-6-. The first kappa shape index (κ1) is 16.3. The van der Waals surface area contributed by atoms with E-state index in [9.17, 15) is 9.59 Å². The van der Waals surface area contributed by atoms with Gasteiger partial charge < -0.3 is 20.7 Å². The molecule has 136 valence electrons. The monoisotopic (exact) mass is 358 g/mol. The van der Waals surface area contributed by atoms with Crippen molar-refractivity contribution in [2.75, 3.05) is 30.9 Å². The molecule has 0 atom stereocenters. The largest absolute Gasteiger partial charge is 0.383 e. The highest BCUT2D eigenvalue weighted by Gasteiger charge is 2.25. The van der Waals surface area contributed by atoms with Gasteiger partial charge in [-0.2, -0.15) is 19.6 Å². The molecule has 0 radical (unpaired) electrons. The number of methoxy groups -OCH3 is 1. The van der Waals surface area contributed by atoms with Crippen LogP contribution in [-0.2, 0) is 9.53 Å². The summed E-state index contributed by atoms with van der Waals surface area (Å²) in [5, 5.41) is 15.3. The molecular weight excluding hydrogens is 340 g/mol. The van der Waals surface area contributed by atoms with Crippen molar-refractivity contribution in [1.82, 2.24) is 30.2 Å². The lowest BCUT2D eigenvalue weighted by molar-refractivity contribution is -0.115. The average molecular weight is 358 g/mol. The Bertz CT molecular complexity index is 902. The fourth-order valence-electron chi connectivity index (χ4n) is 2.48. The number of nitrogens with zero attached hydrogens (tertiary/aromatic N) is 4. The Balaban J connectivity index is 1.71. The summed E-state index contributed by atoms with van der Waals surface area (Å²) >= 11 is 0. The van der Waals surface area contributed by atoms with E-state index in [-0.39, 0.29) is 5.70 Å². The van der Waals surface area contributed by atoms with Crippen molar-refractivity contribution in [3.05, 3.63) is 17.5 Å². The van der Waals surface area contributed by atoms with Crippen LogP contribution in [0, 0.1) is 0 Å². The maximum atomic E-state index is 11.7. The van der Waals surface area contributed by atoms with Crippen molar-refractivity contribution < 1.29 is 14.3 Å². The zero-order valence-corrected chi connectivity index (χ0v) is 14.1. The normalized spacial score (nSPS) is 18.3. The molecule has 3 heterocycles. The molecule has 2 fully saturated rings. The minimum atomic E-state index is -0.551. The molecule has 11 nitrogen and oxygen atoms in total. The van der Waals surface area contributed by atoms with Crippen LogP contribution in [0.1, 0.15) is 18.4 Å². The lowest BCUT2D eigenvalue weighted by Crippen LogP contribution is -2.22. The van der Waals surface area contributed by atoms with Crippen LogP contribution in [0.2, 0.25) is 0 Å². The highest BCUT2D eigenvalue weighted by atomic mass is 16.5. The summed E-state index contributed by atoms with van der Waals surface area (Å²) in [4.78, 5) is 32.0. The molecule has 1 aliphatic carbocycles. The Kier molecular flexibility index (Phi) is 4.13. The van der Waals surface area contributed by atoms with E-state index in [1.807, 2.05) is 0 Å².